The Balaban J connectivity index is 2.08. The molecule has 1 aromatic heterocycles. The van der Waals surface area contributed by atoms with Gasteiger partial charge in [0.05, 0.1) is 0 Å². The summed E-state index contributed by atoms with van der Waals surface area (Å²) < 4.78 is 0. The normalized spacial score (nSPS) is 17.2. The van der Waals surface area contributed by atoms with Gasteiger partial charge in [-0.25, -0.2) is 0 Å². The average molecular weight is 212 g/mol. The van der Waals surface area contributed by atoms with E-state index >= 15 is 0 Å². The maximum atomic E-state index is 11.0. The van der Waals surface area contributed by atoms with Crippen LogP contribution in [-0.2, 0) is 4.79 Å². The predicted octanol–water partition coefficient (Wildman–Crippen LogP) is 1.30. The van der Waals surface area contributed by atoms with Crippen molar-refractivity contribution < 1.29 is 4.79 Å². The molecule has 0 aliphatic carbocycles. The van der Waals surface area contributed by atoms with Crippen molar-refractivity contribution >= 4 is 23.2 Å². The number of piperidine rings is 1. The molecule has 4 nitrogen and oxygen atoms in total. The van der Waals surface area contributed by atoms with Crippen molar-refractivity contribution in [2.24, 2.45) is 0 Å². The summed E-state index contributed by atoms with van der Waals surface area (Å²) in [6.07, 6.45) is 1.20. The summed E-state index contributed by atoms with van der Waals surface area (Å²) in [6.45, 7) is 1.46. The first kappa shape index (κ1) is 9.40. The molecule has 0 saturated carbocycles. The molecule has 0 bridgehead atoms. The Labute approximate surface area is 86.9 Å². The Morgan fingerprint density at radius 2 is 1.93 bits per heavy atom. The van der Waals surface area contributed by atoms with E-state index in [4.69, 9.17) is 11.6 Å². The third-order valence-electron chi connectivity index (χ3n) is 2.26. The molecule has 0 amide bonds. The van der Waals surface area contributed by atoms with Gasteiger partial charge in [-0.2, -0.15) is 0 Å². The SMILES string of the molecule is O=C1CCN(c2ccc(Cl)nn2)CC1. The highest BCUT2D eigenvalue weighted by molar-refractivity contribution is 6.29. The van der Waals surface area contributed by atoms with E-state index in [2.05, 4.69) is 10.2 Å². The van der Waals surface area contributed by atoms with Gasteiger partial charge in [0.15, 0.2) is 11.0 Å². The minimum Gasteiger partial charge on any atom is -0.354 e. The number of anilines is 1. The number of ketones is 1. The van der Waals surface area contributed by atoms with Gasteiger partial charge >= 0.3 is 0 Å². The fourth-order valence-corrected chi connectivity index (χ4v) is 1.56. The van der Waals surface area contributed by atoms with Crippen LogP contribution in [0.2, 0.25) is 5.15 Å². The maximum Gasteiger partial charge on any atom is 0.151 e. The van der Waals surface area contributed by atoms with Crippen LogP contribution in [0.25, 0.3) is 0 Å². The molecule has 1 saturated heterocycles. The van der Waals surface area contributed by atoms with Crippen molar-refractivity contribution in [2.45, 2.75) is 12.8 Å². The van der Waals surface area contributed by atoms with Crippen LogP contribution < -0.4 is 4.90 Å². The highest BCUT2D eigenvalue weighted by Crippen LogP contribution is 2.15. The number of halogens is 1. The molecule has 74 valence electrons. The van der Waals surface area contributed by atoms with Gasteiger partial charge in [-0.05, 0) is 12.1 Å². The van der Waals surface area contributed by atoms with Crippen molar-refractivity contribution in [3.05, 3.63) is 17.3 Å². The maximum absolute atomic E-state index is 11.0. The number of hydrogen-bond acceptors (Lipinski definition) is 4. The Hall–Kier alpha value is -1.16. The van der Waals surface area contributed by atoms with E-state index in [0.717, 1.165) is 18.9 Å². The molecule has 0 N–H and O–H groups in total. The van der Waals surface area contributed by atoms with Crippen molar-refractivity contribution in [3.63, 3.8) is 0 Å². The number of rotatable bonds is 1. The van der Waals surface area contributed by atoms with E-state index in [1.165, 1.54) is 0 Å². The topological polar surface area (TPSA) is 46.1 Å². The standard InChI is InChI=1S/C9H10ClN3O/c10-8-1-2-9(12-11-8)13-5-3-7(14)4-6-13/h1-2H,3-6H2. The van der Waals surface area contributed by atoms with Crippen molar-refractivity contribution in [2.75, 3.05) is 18.0 Å². The second kappa shape index (κ2) is 3.92. The molecule has 2 rings (SSSR count). The summed E-state index contributed by atoms with van der Waals surface area (Å²) >= 11 is 5.63. The van der Waals surface area contributed by atoms with Gasteiger partial charge < -0.3 is 4.90 Å². The fraction of sp³-hybridized carbons (Fsp3) is 0.444. The molecular formula is C9H10ClN3O. The molecule has 1 aromatic rings. The molecule has 0 aromatic carbocycles. The third kappa shape index (κ3) is 2.01. The number of nitrogens with zero attached hydrogens (tertiary/aromatic N) is 3. The summed E-state index contributed by atoms with van der Waals surface area (Å²) in [4.78, 5) is 13.1. The molecule has 0 atom stereocenters. The molecular weight excluding hydrogens is 202 g/mol. The Bertz CT molecular complexity index is 328. The van der Waals surface area contributed by atoms with Crippen molar-refractivity contribution in [3.8, 4) is 0 Å². The lowest BCUT2D eigenvalue weighted by molar-refractivity contribution is -0.119. The fourth-order valence-electron chi connectivity index (χ4n) is 1.46. The summed E-state index contributed by atoms with van der Waals surface area (Å²) in [5, 5.41) is 8.11. The first-order valence-electron chi connectivity index (χ1n) is 4.51. The molecule has 2 heterocycles. The zero-order valence-electron chi connectivity index (χ0n) is 7.61. The Morgan fingerprint density at radius 1 is 1.21 bits per heavy atom. The zero-order chi connectivity index (χ0) is 9.97. The van der Waals surface area contributed by atoms with Gasteiger partial charge in [-0.15, -0.1) is 10.2 Å². The van der Waals surface area contributed by atoms with Gasteiger partial charge in [0.2, 0.25) is 0 Å². The van der Waals surface area contributed by atoms with Crippen LogP contribution in [0.15, 0.2) is 12.1 Å². The molecule has 0 spiro atoms. The molecule has 0 radical (unpaired) electrons. The summed E-state index contributed by atoms with van der Waals surface area (Å²) in [6, 6.07) is 3.53. The molecule has 1 aliphatic heterocycles. The highest BCUT2D eigenvalue weighted by Gasteiger charge is 2.17. The van der Waals surface area contributed by atoms with E-state index in [1.54, 1.807) is 6.07 Å². The average Bonchev–Trinajstić information content (AvgIpc) is 2.21. The molecule has 0 unspecified atom stereocenters. The van der Waals surface area contributed by atoms with Crippen LogP contribution in [0.5, 0.6) is 0 Å². The highest BCUT2D eigenvalue weighted by atomic mass is 35.5. The number of Topliss-reactive ketones (excluding diaryl/α,β-unsaturated/α-hetero) is 1. The zero-order valence-corrected chi connectivity index (χ0v) is 8.37. The quantitative estimate of drug-likeness (QED) is 0.703. The van der Waals surface area contributed by atoms with Crippen molar-refractivity contribution in [1.29, 1.82) is 0 Å². The van der Waals surface area contributed by atoms with Crippen LogP contribution in [0.3, 0.4) is 0 Å². The number of carbonyl (C=O) groups is 1. The van der Waals surface area contributed by atoms with Gasteiger partial charge in [-0.3, -0.25) is 4.79 Å². The first-order chi connectivity index (χ1) is 6.75. The van der Waals surface area contributed by atoms with E-state index < -0.39 is 0 Å². The first-order valence-corrected chi connectivity index (χ1v) is 4.89. The second-order valence-corrected chi connectivity index (χ2v) is 3.63. The lowest BCUT2D eigenvalue weighted by atomic mass is 10.1. The number of aromatic nitrogens is 2. The van der Waals surface area contributed by atoms with Crippen molar-refractivity contribution in [1.82, 2.24) is 10.2 Å². The Kier molecular flexibility index (Phi) is 2.63. The number of carbonyl (C=O) groups excluding carboxylic acids is 1. The minimum atomic E-state index is 0.322. The minimum absolute atomic E-state index is 0.322. The lowest BCUT2D eigenvalue weighted by Crippen LogP contribution is -2.34. The summed E-state index contributed by atoms with van der Waals surface area (Å²) in [5.41, 5.74) is 0. The summed E-state index contributed by atoms with van der Waals surface area (Å²) in [7, 11) is 0. The Morgan fingerprint density at radius 3 is 2.50 bits per heavy atom. The van der Waals surface area contributed by atoms with Crippen LogP contribution in [0.4, 0.5) is 5.82 Å². The smallest absolute Gasteiger partial charge is 0.151 e. The molecule has 14 heavy (non-hydrogen) atoms. The molecule has 5 heteroatoms. The van der Waals surface area contributed by atoms with E-state index in [9.17, 15) is 4.79 Å². The van der Waals surface area contributed by atoms with Gasteiger partial charge in [0.25, 0.3) is 0 Å². The van der Waals surface area contributed by atoms with Crippen LogP contribution in [-0.4, -0.2) is 29.1 Å². The van der Waals surface area contributed by atoms with E-state index in [1.807, 2.05) is 11.0 Å². The van der Waals surface area contributed by atoms with Gasteiger partial charge in [0.1, 0.15) is 5.78 Å². The van der Waals surface area contributed by atoms with Crippen LogP contribution >= 0.6 is 11.6 Å². The number of hydrogen-bond donors (Lipinski definition) is 0. The second-order valence-electron chi connectivity index (χ2n) is 3.24. The van der Waals surface area contributed by atoms with E-state index in [-0.39, 0.29) is 0 Å². The van der Waals surface area contributed by atoms with Gasteiger partial charge in [0, 0.05) is 25.9 Å². The monoisotopic (exact) mass is 211 g/mol. The predicted molar refractivity (Wildman–Crippen MR) is 53.5 cm³/mol. The lowest BCUT2D eigenvalue weighted by Gasteiger charge is -2.26. The molecule has 1 fully saturated rings. The summed E-state index contributed by atoms with van der Waals surface area (Å²) in [5.74, 6) is 1.12. The third-order valence-corrected chi connectivity index (χ3v) is 2.46. The van der Waals surface area contributed by atoms with Gasteiger partial charge in [-0.1, -0.05) is 11.6 Å². The van der Waals surface area contributed by atoms with Crippen LogP contribution in [0.1, 0.15) is 12.8 Å². The van der Waals surface area contributed by atoms with Crippen LogP contribution in [0, 0.1) is 0 Å². The largest absolute Gasteiger partial charge is 0.354 e. The van der Waals surface area contributed by atoms with E-state index in [0.29, 0.717) is 23.8 Å². The molecule has 1 aliphatic rings.